The number of thioether (sulfide) groups is 1. The van der Waals surface area contributed by atoms with Crippen molar-refractivity contribution in [2.75, 3.05) is 12.0 Å². The van der Waals surface area contributed by atoms with Crippen molar-refractivity contribution in [2.24, 2.45) is 0 Å². The van der Waals surface area contributed by atoms with Crippen LogP contribution in [0.2, 0.25) is 0 Å². The van der Waals surface area contributed by atoms with Crippen LogP contribution in [0.15, 0.2) is 0 Å². The predicted molar refractivity (Wildman–Crippen MR) is 28.7 cm³/mol. The fraction of sp³-hybridized carbons (Fsp3) is 0.750. The van der Waals surface area contributed by atoms with Gasteiger partial charge in [-0.15, -0.1) is 0 Å². The third kappa shape index (κ3) is 5.82. The van der Waals surface area contributed by atoms with Gasteiger partial charge in [0.2, 0.25) is 0 Å². The summed E-state index contributed by atoms with van der Waals surface area (Å²) in [5, 5.41) is 9.63. The maximum atomic E-state index is 9.63. The van der Waals surface area contributed by atoms with Gasteiger partial charge < -0.3 is 0 Å². The van der Waals surface area contributed by atoms with E-state index in [4.69, 9.17) is 0 Å². The number of rotatable bonds is 3. The summed E-state index contributed by atoms with van der Waals surface area (Å²) in [5.74, 6) is -0.308. The standard InChI is InChI=1S/C4H7O2S/c1-7-3-2-4(5)6/h2-3H2,1H3. The van der Waals surface area contributed by atoms with E-state index < -0.39 is 5.97 Å². The molecule has 0 atom stereocenters. The van der Waals surface area contributed by atoms with E-state index in [9.17, 15) is 9.90 Å². The van der Waals surface area contributed by atoms with Crippen molar-refractivity contribution in [1.82, 2.24) is 0 Å². The van der Waals surface area contributed by atoms with Gasteiger partial charge in [0.05, 0.1) is 6.42 Å². The average molecular weight is 119 g/mol. The van der Waals surface area contributed by atoms with Crippen LogP contribution in [0.25, 0.3) is 0 Å². The maximum Gasteiger partial charge on any atom is 0.356 e. The zero-order valence-electron chi connectivity index (χ0n) is 4.14. The molecule has 7 heavy (non-hydrogen) atoms. The Balaban J connectivity index is 2.82. The number of carbonyl (C=O) groups is 1. The molecule has 0 saturated heterocycles. The third-order valence-electron chi connectivity index (χ3n) is 0.510. The zero-order valence-corrected chi connectivity index (χ0v) is 4.96. The molecule has 2 nitrogen and oxygen atoms in total. The molecule has 0 N–H and O–H groups in total. The van der Waals surface area contributed by atoms with Crippen molar-refractivity contribution in [3.63, 3.8) is 0 Å². The monoisotopic (exact) mass is 119 g/mol. The minimum atomic E-state index is -0.964. The van der Waals surface area contributed by atoms with Crippen LogP contribution in [0.5, 0.6) is 0 Å². The molecular formula is C4H7O2S. The molecule has 0 unspecified atom stereocenters. The molecule has 3 heteroatoms. The van der Waals surface area contributed by atoms with E-state index in [1.54, 1.807) is 0 Å². The highest BCUT2D eigenvalue weighted by atomic mass is 32.2. The molecule has 1 radical (unpaired) electrons. The molecule has 0 saturated carbocycles. The first-order chi connectivity index (χ1) is 3.27. The lowest BCUT2D eigenvalue weighted by Crippen LogP contribution is -1.92. The van der Waals surface area contributed by atoms with Crippen LogP contribution in [0.1, 0.15) is 6.42 Å². The molecule has 41 valence electrons. The van der Waals surface area contributed by atoms with E-state index in [-0.39, 0.29) is 6.42 Å². The summed E-state index contributed by atoms with van der Waals surface area (Å²) in [5.41, 5.74) is 0. The third-order valence-corrected chi connectivity index (χ3v) is 1.12. The summed E-state index contributed by atoms with van der Waals surface area (Å²) in [7, 11) is 0. The Morgan fingerprint density at radius 3 is 2.43 bits per heavy atom. The quantitative estimate of drug-likeness (QED) is 0.548. The van der Waals surface area contributed by atoms with Crippen LogP contribution in [0.4, 0.5) is 0 Å². The largest absolute Gasteiger partial charge is 0.356 e. The molecule has 0 aliphatic heterocycles. The lowest BCUT2D eigenvalue weighted by atomic mass is 10.5. The van der Waals surface area contributed by atoms with Gasteiger partial charge in [-0.1, -0.05) is 0 Å². The van der Waals surface area contributed by atoms with Crippen LogP contribution in [-0.2, 0) is 9.90 Å². The van der Waals surface area contributed by atoms with Crippen LogP contribution >= 0.6 is 11.8 Å². The van der Waals surface area contributed by atoms with Crippen molar-refractivity contribution in [1.29, 1.82) is 0 Å². The van der Waals surface area contributed by atoms with E-state index in [0.717, 1.165) is 0 Å². The minimum absolute atomic E-state index is 0.168. The highest BCUT2D eigenvalue weighted by Crippen LogP contribution is 1.93. The van der Waals surface area contributed by atoms with Crippen molar-refractivity contribution in [3.05, 3.63) is 0 Å². The highest BCUT2D eigenvalue weighted by Gasteiger charge is 1.94. The Bertz CT molecular complexity index is 62.7. The van der Waals surface area contributed by atoms with Gasteiger partial charge in [-0.2, -0.15) is 11.8 Å². The second kappa shape index (κ2) is 3.99. The molecule has 0 aromatic rings. The lowest BCUT2D eigenvalue weighted by Gasteiger charge is -1.83. The normalized spacial score (nSPS) is 8.71. The van der Waals surface area contributed by atoms with Gasteiger partial charge in [0, 0.05) is 5.75 Å². The van der Waals surface area contributed by atoms with Gasteiger partial charge in [-0.05, 0) is 6.26 Å². The summed E-state index contributed by atoms with van der Waals surface area (Å²) in [6.45, 7) is 0. The topological polar surface area (TPSA) is 37.0 Å². The second-order valence-electron chi connectivity index (χ2n) is 1.11. The van der Waals surface area contributed by atoms with Crippen molar-refractivity contribution < 1.29 is 9.90 Å². The first-order valence-electron chi connectivity index (χ1n) is 1.96. The SMILES string of the molecule is CSCCC([O])=O. The Hall–Kier alpha value is -0.180. The van der Waals surface area contributed by atoms with E-state index in [0.29, 0.717) is 5.75 Å². The summed E-state index contributed by atoms with van der Waals surface area (Å²) in [6.07, 6.45) is 2.03. The average Bonchev–Trinajstić information content (AvgIpc) is 1.61. The van der Waals surface area contributed by atoms with Crippen molar-refractivity contribution in [3.8, 4) is 0 Å². The van der Waals surface area contributed by atoms with E-state index >= 15 is 0 Å². The molecule has 0 aliphatic carbocycles. The Morgan fingerprint density at radius 2 is 2.29 bits per heavy atom. The van der Waals surface area contributed by atoms with Gasteiger partial charge in [0.15, 0.2) is 0 Å². The first-order valence-corrected chi connectivity index (χ1v) is 3.35. The summed E-state index contributed by atoms with van der Waals surface area (Å²) in [4.78, 5) is 9.63. The van der Waals surface area contributed by atoms with Gasteiger partial charge in [0.1, 0.15) is 0 Å². The van der Waals surface area contributed by atoms with E-state index in [1.807, 2.05) is 6.26 Å². The Kier molecular flexibility index (Phi) is 3.89. The number of carbonyl (C=O) groups excluding carboxylic acids is 1. The van der Waals surface area contributed by atoms with E-state index in [2.05, 4.69) is 0 Å². The molecule has 0 bridgehead atoms. The Labute approximate surface area is 46.9 Å². The van der Waals surface area contributed by atoms with Crippen LogP contribution < -0.4 is 0 Å². The van der Waals surface area contributed by atoms with Gasteiger partial charge in [0.25, 0.3) is 0 Å². The van der Waals surface area contributed by atoms with Crippen LogP contribution in [-0.4, -0.2) is 18.0 Å². The zero-order chi connectivity index (χ0) is 5.70. The fourth-order valence-corrected chi connectivity index (χ4v) is 0.556. The van der Waals surface area contributed by atoms with Gasteiger partial charge in [-0.25, -0.2) is 9.90 Å². The molecule has 0 aliphatic rings. The van der Waals surface area contributed by atoms with Gasteiger partial charge >= 0.3 is 5.97 Å². The number of hydrogen-bond acceptors (Lipinski definition) is 2. The van der Waals surface area contributed by atoms with Gasteiger partial charge in [-0.3, -0.25) is 0 Å². The predicted octanol–water partition coefficient (Wildman–Crippen LogP) is 0.697. The summed E-state index contributed by atoms with van der Waals surface area (Å²) >= 11 is 1.51. The lowest BCUT2D eigenvalue weighted by molar-refractivity contribution is -0.142. The molecule has 0 spiro atoms. The second-order valence-corrected chi connectivity index (χ2v) is 2.10. The molecule has 0 rings (SSSR count). The molecule has 0 fully saturated rings. The molecule has 0 aromatic heterocycles. The fourth-order valence-electron chi connectivity index (χ4n) is 0.185. The van der Waals surface area contributed by atoms with Crippen molar-refractivity contribution in [2.45, 2.75) is 6.42 Å². The van der Waals surface area contributed by atoms with E-state index in [1.165, 1.54) is 11.8 Å². The summed E-state index contributed by atoms with van der Waals surface area (Å²) < 4.78 is 0. The van der Waals surface area contributed by atoms with Crippen LogP contribution in [0.3, 0.4) is 0 Å². The number of hydrogen-bond donors (Lipinski definition) is 0. The molecule has 0 amide bonds. The van der Waals surface area contributed by atoms with Crippen molar-refractivity contribution >= 4 is 17.7 Å². The smallest absolute Gasteiger partial charge is 0.247 e. The molecular weight excluding hydrogens is 112 g/mol. The Morgan fingerprint density at radius 1 is 1.71 bits per heavy atom. The first kappa shape index (κ1) is 6.82. The minimum Gasteiger partial charge on any atom is -0.247 e. The molecule has 0 heterocycles. The summed E-state index contributed by atoms with van der Waals surface area (Å²) in [6, 6.07) is 0. The molecule has 0 aromatic carbocycles. The highest BCUT2D eigenvalue weighted by molar-refractivity contribution is 7.98. The maximum absolute atomic E-state index is 9.63. The van der Waals surface area contributed by atoms with Crippen LogP contribution in [0, 0.1) is 0 Å².